The number of phenolic OH excluding ortho intramolecular Hbond substituents is 1. The van der Waals surface area contributed by atoms with Gasteiger partial charge in [-0.3, -0.25) is 15.0 Å². The molecule has 1 fully saturated rings. The summed E-state index contributed by atoms with van der Waals surface area (Å²) in [6.07, 6.45) is 3.70. The number of phenols is 1. The number of hydrogen-bond acceptors (Lipinski definition) is 5. The molecule has 3 rings (SSSR count). The van der Waals surface area contributed by atoms with Crippen LogP contribution in [0.2, 0.25) is 0 Å². The first-order valence-electron chi connectivity index (χ1n) is 8.05. The summed E-state index contributed by atoms with van der Waals surface area (Å²) < 4.78 is 0.243. The van der Waals surface area contributed by atoms with Gasteiger partial charge in [0.1, 0.15) is 5.75 Å². The number of thiocarbonyl (C=S) groups is 1. The van der Waals surface area contributed by atoms with E-state index in [1.807, 2.05) is 43.3 Å². The lowest BCUT2D eigenvalue weighted by Gasteiger charge is -2.15. The van der Waals surface area contributed by atoms with E-state index in [-0.39, 0.29) is 21.5 Å². The van der Waals surface area contributed by atoms with E-state index >= 15 is 0 Å². The highest BCUT2D eigenvalue weighted by Crippen LogP contribution is 2.31. The number of hydrogen-bond donors (Lipinski definition) is 2. The maximum absolute atomic E-state index is 12.6. The van der Waals surface area contributed by atoms with Crippen molar-refractivity contribution in [2.75, 3.05) is 0 Å². The van der Waals surface area contributed by atoms with Crippen LogP contribution in [0, 0.1) is 0 Å². The third kappa shape index (κ3) is 4.64. The first-order chi connectivity index (χ1) is 12.9. The van der Waals surface area contributed by atoms with E-state index in [0.29, 0.717) is 4.91 Å². The molecule has 27 heavy (non-hydrogen) atoms. The standard InChI is InChI=1S/C20H16N2O3S2/c1-13(10-14-6-3-2-4-7-14)11-17-19(25)22(20(26)27-17)21-18(24)15-8-5-9-16(23)12-15/h2-12,23H,1H3,(H,21,24)/b13-10-,17-11+. The number of aromatic hydroxyl groups is 1. The summed E-state index contributed by atoms with van der Waals surface area (Å²) in [7, 11) is 0. The summed E-state index contributed by atoms with van der Waals surface area (Å²) >= 11 is 6.34. The van der Waals surface area contributed by atoms with Crippen LogP contribution in [0.15, 0.2) is 71.2 Å². The predicted molar refractivity (Wildman–Crippen MR) is 111 cm³/mol. The largest absolute Gasteiger partial charge is 0.508 e. The fourth-order valence-corrected chi connectivity index (χ4v) is 3.67. The molecule has 1 aliphatic rings. The minimum Gasteiger partial charge on any atom is -0.508 e. The summed E-state index contributed by atoms with van der Waals surface area (Å²) in [6.45, 7) is 1.89. The number of carbonyl (C=O) groups excluding carboxylic acids is 2. The van der Waals surface area contributed by atoms with Crippen LogP contribution < -0.4 is 5.43 Å². The van der Waals surface area contributed by atoms with Crippen LogP contribution in [0.25, 0.3) is 6.08 Å². The molecule has 1 heterocycles. The van der Waals surface area contributed by atoms with Crippen LogP contribution in [0.3, 0.4) is 0 Å². The molecule has 1 saturated heterocycles. The maximum Gasteiger partial charge on any atom is 0.285 e. The van der Waals surface area contributed by atoms with Crippen LogP contribution in [-0.4, -0.2) is 26.3 Å². The summed E-state index contributed by atoms with van der Waals surface area (Å²) in [5.74, 6) is -0.950. The third-order valence-corrected chi connectivity index (χ3v) is 4.97. The molecule has 2 N–H and O–H groups in total. The molecule has 0 spiro atoms. The summed E-state index contributed by atoms with van der Waals surface area (Å²) in [5.41, 5.74) is 4.63. The fraction of sp³-hybridized carbons (Fsp3) is 0.0500. The second kappa shape index (κ2) is 8.20. The molecule has 0 saturated carbocycles. The van der Waals surface area contributed by atoms with Gasteiger partial charge in [0, 0.05) is 5.56 Å². The fourth-order valence-electron chi connectivity index (χ4n) is 2.44. The second-order valence-corrected chi connectivity index (χ2v) is 7.48. The summed E-state index contributed by atoms with van der Waals surface area (Å²) in [4.78, 5) is 25.3. The Hall–Kier alpha value is -2.90. The number of nitrogens with zero attached hydrogens (tertiary/aromatic N) is 1. The molecule has 1 aliphatic heterocycles. The molecule has 2 aromatic rings. The van der Waals surface area contributed by atoms with Gasteiger partial charge in [0.15, 0.2) is 4.32 Å². The summed E-state index contributed by atoms with van der Waals surface area (Å²) in [5, 5.41) is 10.5. The van der Waals surface area contributed by atoms with Gasteiger partial charge in [-0.1, -0.05) is 54.2 Å². The van der Waals surface area contributed by atoms with E-state index in [2.05, 4.69) is 5.43 Å². The second-order valence-electron chi connectivity index (χ2n) is 5.81. The lowest BCUT2D eigenvalue weighted by Crippen LogP contribution is -2.44. The van der Waals surface area contributed by atoms with Crippen molar-refractivity contribution < 1.29 is 14.7 Å². The number of thioether (sulfide) groups is 1. The molecule has 0 unspecified atom stereocenters. The van der Waals surface area contributed by atoms with E-state index in [9.17, 15) is 14.7 Å². The molecule has 0 atom stereocenters. The quantitative estimate of drug-likeness (QED) is 0.606. The molecule has 2 aromatic carbocycles. The number of benzene rings is 2. The van der Waals surface area contributed by atoms with Gasteiger partial charge in [0.2, 0.25) is 0 Å². The number of carbonyl (C=O) groups is 2. The Kier molecular flexibility index (Phi) is 5.73. The lowest BCUT2D eigenvalue weighted by atomic mass is 10.1. The molecular weight excluding hydrogens is 380 g/mol. The lowest BCUT2D eigenvalue weighted by molar-refractivity contribution is -0.123. The van der Waals surface area contributed by atoms with Gasteiger partial charge in [0.05, 0.1) is 4.91 Å². The first-order valence-corrected chi connectivity index (χ1v) is 9.28. The Bertz CT molecular complexity index is 968. The van der Waals surface area contributed by atoms with Crippen molar-refractivity contribution in [3.63, 3.8) is 0 Å². The highest BCUT2D eigenvalue weighted by Gasteiger charge is 2.33. The van der Waals surface area contributed by atoms with Crippen LogP contribution in [-0.2, 0) is 4.79 Å². The van der Waals surface area contributed by atoms with Gasteiger partial charge in [-0.2, -0.15) is 5.01 Å². The molecule has 0 aliphatic carbocycles. The zero-order chi connectivity index (χ0) is 19.4. The van der Waals surface area contributed by atoms with E-state index in [1.165, 1.54) is 18.2 Å². The van der Waals surface area contributed by atoms with E-state index < -0.39 is 5.91 Å². The van der Waals surface area contributed by atoms with Crippen molar-refractivity contribution >= 4 is 46.2 Å². The Morgan fingerprint density at radius 3 is 2.63 bits per heavy atom. The Morgan fingerprint density at radius 2 is 1.93 bits per heavy atom. The summed E-state index contributed by atoms with van der Waals surface area (Å²) in [6, 6.07) is 15.6. The zero-order valence-electron chi connectivity index (χ0n) is 14.4. The number of amides is 2. The smallest absolute Gasteiger partial charge is 0.285 e. The monoisotopic (exact) mass is 396 g/mol. The molecule has 0 bridgehead atoms. The minimum absolute atomic E-state index is 0.0328. The molecule has 0 aromatic heterocycles. The number of hydrazine groups is 1. The number of allylic oxidation sites excluding steroid dienone is 2. The van der Waals surface area contributed by atoms with Gasteiger partial charge in [-0.25, -0.2) is 0 Å². The Balaban J connectivity index is 1.75. The topological polar surface area (TPSA) is 69.6 Å². The SMILES string of the molecule is CC(=C/c1ccccc1)/C=C1/SC(=S)N(NC(=O)c2cccc(O)c2)C1=O. The van der Waals surface area contributed by atoms with Crippen molar-refractivity contribution in [3.05, 3.63) is 82.3 Å². The van der Waals surface area contributed by atoms with Crippen molar-refractivity contribution in [1.82, 2.24) is 10.4 Å². The highest BCUT2D eigenvalue weighted by molar-refractivity contribution is 8.26. The van der Waals surface area contributed by atoms with Gasteiger partial charge >= 0.3 is 0 Å². The molecule has 7 heteroatoms. The zero-order valence-corrected chi connectivity index (χ0v) is 16.0. The average molecular weight is 396 g/mol. The van der Waals surface area contributed by atoms with Gasteiger partial charge in [-0.05, 0) is 54.6 Å². The van der Waals surface area contributed by atoms with Crippen molar-refractivity contribution in [3.8, 4) is 5.75 Å². The van der Waals surface area contributed by atoms with Crippen molar-refractivity contribution in [2.45, 2.75) is 6.92 Å². The Morgan fingerprint density at radius 1 is 1.19 bits per heavy atom. The molecular formula is C20H16N2O3S2. The average Bonchev–Trinajstić information content (AvgIpc) is 2.89. The molecule has 5 nitrogen and oxygen atoms in total. The minimum atomic E-state index is -0.528. The predicted octanol–water partition coefficient (Wildman–Crippen LogP) is 3.88. The molecule has 2 amide bonds. The number of nitrogens with one attached hydrogen (secondary N) is 1. The van der Waals surface area contributed by atoms with E-state index in [0.717, 1.165) is 27.9 Å². The van der Waals surface area contributed by atoms with Gasteiger partial charge in [0.25, 0.3) is 11.8 Å². The van der Waals surface area contributed by atoms with Gasteiger partial charge in [-0.15, -0.1) is 0 Å². The van der Waals surface area contributed by atoms with Crippen molar-refractivity contribution in [1.29, 1.82) is 0 Å². The van der Waals surface area contributed by atoms with Crippen LogP contribution in [0.5, 0.6) is 5.75 Å². The van der Waals surface area contributed by atoms with Crippen LogP contribution in [0.4, 0.5) is 0 Å². The van der Waals surface area contributed by atoms with Crippen LogP contribution >= 0.6 is 24.0 Å². The maximum atomic E-state index is 12.6. The highest BCUT2D eigenvalue weighted by atomic mass is 32.2. The van der Waals surface area contributed by atoms with Crippen LogP contribution in [0.1, 0.15) is 22.8 Å². The molecule has 0 radical (unpaired) electrons. The number of rotatable bonds is 4. The Labute approximate surface area is 166 Å². The van der Waals surface area contributed by atoms with E-state index in [1.54, 1.807) is 12.1 Å². The molecule has 136 valence electrons. The third-order valence-electron chi connectivity index (χ3n) is 3.67. The normalized spacial score (nSPS) is 16.1. The van der Waals surface area contributed by atoms with Gasteiger partial charge < -0.3 is 5.11 Å². The van der Waals surface area contributed by atoms with E-state index in [4.69, 9.17) is 12.2 Å². The van der Waals surface area contributed by atoms with Crippen molar-refractivity contribution in [2.24, 2.45) is 0 Å². The first kappa shape index (κ1) is 18.9.